The van der Waals surface area contributed by atoms with E-state index in [1.54, 1.807) is 25.1 Å². The zero-order valence-corrected chi connectivity index (χ0v) is 23.0. The number of hydrogen-bond donors (Lipinski definition) is 1. The highest BCUT2D eigenvalue weighted by Crippen LogP contribution is 2.55. The van der Waals surface area contributed by atoms with E-state index in [9.17, 15) is 37.5 Å². The Morgan fingerprint density at radius 3 is 2.52 bits per heavy atom. The normalized spacial score (nSPS) is 25.7. The summed E-state index contributed by atoms with van der Waals surface area (Å²) < 4.78 is 46.0. The van der Waals surface area contributed by atoms with E-state index in [4.69, 9.17) is 16.0 Å². The van der Waals surface area contributed by atoms with Crippen molar-refractivity contribution < 1.29 is 41.9 Å². The van der Waals surface area contributed by atoms with Crippen molar-refractivity contribution in [2.24, 2.45) is 17.8 Å². The number of anilines is 1. The van der Waals surface area contributed by atoms with E-state index in [1.165, 1.54) is 13.1 Å². The number of ketones is 2. The van der Waals surface area contributed by atoms with E-state index in [2.05, 4.69) is 4.98 Å². The average Bonchev–Trinajstić information content (AvgIpc) is 3.52. The molecule has 42 heavy (non-hydrogen) atoms. The number of hydrogen-bond acceptors (Lipinski definition) is 8. The van der Waals surface area contributed by atoms with E-state index in [-0.39, 0.29) is 51.9 Å². The van der Waals surface area contributed by atoms with E-state index >= 15 is 0 Å². The van der Waals surface area contributed by atoms with Gasteiger partial charge in [0.2, 0.25) is 0 Å². The van der Waals surface area contributed by atoms with Crippen LogP contribution >= 0.6 is 11.6 Å². The Hall–Kier alpha value is -4.03. The van der Waals surface area contributed by atoms with Crippen LogP contribution in [0.1, 0.15) is 42.9 Å². The summed E-state index contributed by atoms with van der Waals surface area (Å²) in [6, 6.07) is 4.85. The lowest BCUT2D eigenvalue weighted by Gasteiger charge is -2.41. The number of carbonyl (C=O) groups is 4. The van der Waals surface area contributed by atoms with Crippen molar-refractivity contribution in [1.82, 2.24) is 9.99 Å². The van der Waals surface area contributed by atoms with Gasteiger partial charge in [-0.3, -0.25) is 24.2 Å². The van der Waals surface area contributed by atoms with Crippen LogP contribution in [0.3, 0.4) is 0 Å². The first kappa shape index (κ1) is 28.1. The van der Waals surface area contributed by atoms with Crippen LogP contribution in [0.15, 0.2) is 63.1 Å². The van der Waals surface area contributed by atoms with Crippen molar-refractivity contribution in [3.05, 3.63) is 80.9 Å². The molecule has 4 atom stereocenters. The molecular weight excluding hydrogens is 579 g/mol. The number of imide groups is 1. The third-order valence-corrected chi connectivity index (χ3v) is 8.68. The Kier molecular flexibility index (Phi) is 6.54. The molecular formula is C29H23ClF3N3O6. The van der Waals surface area contributed by atoms with Gasteiger partial charge in [0.15, 0.2) is 17.4 Å². The second-order valence-electron chi connectivity index (χ2n) is 10.7. The van der Waals surface area contributed by atoms with Gasteiger partial charge in [-0.1, -0.05) is 23.3 Å². The highest BCUT2D eigenvalue weighted by molar-refractivity contribution is 6.33. The molecule has 218 valence electrons. The number of fused-ring (bicyclic) bond motifs is 3. The quantitative estimate of drug-likeness (QED) is 0.313. The Morgan fingerprint density at radius 1 is 1.12 bits per heavy atom. The summed E-state index contributed by atoms with van der Waals surface area (Å²) in [6.07, 6.45) is -1.64. The van der Waals surface area contributed by atoms with Crippen LogP contribution in [-0.2, 0) is 32.0 Å². The zero-order chi connectivity index (χ0) is 30.2. The molecule has 0 aromatic carbocycles. The fraction of sp³-hybridized carbons (Fsp3) is 0.345. The summed E-state index contributed by atoms with van der Waals surface area (Å²) >= 11 is 6.16. The van der Waals surface area contributed by atoms with Crippen molar-refractivity contribution in [3.8, 4) is 0 Å². The second kappa shape index (κ2) is 9.77. The number of hydrazine groups is 1. The van der Waals surface area contributed by atoms with Crippen molar-refractivity contribution in [1.29, 1.82) is 0 Å². The summed E-state index contributed by atoms with van der Waals surface area (Å²) in [6.45, 7) is 1.15. The van der Waals surface area contributed by atoms with Gasteiger partial charge in [-0.15, -0.1) is 0 Å². The lowest BCUT2D eigenvalue weighted by Crippen LogP contribution is -2.46. The molecule has 2 amide bonds. The lowest BCUT2D eigenvalue weighted by atomic mass is 9.60. The monoisotopic (exact) mass is 601 g/mol. The largest absolute Gasteiger partial charge is 0.463 e. The summed E-state index contributed by atoms with van der Waals surface area (Å²) in [5, 5.41) is 11.1. The Morgan fingerprint density at radius 2 is 1.86 bits per heavy atom. The predicted molar refractivity (Wildman–Crippen MR) is 140 cm³/mol. The smallest absolute Gasteiger partial charge is 0.433 e. The molecule has 9 nitrogen and oxygen atoms in total. The number of amides is 2. The SMILES string of the molecule is CC1=CC(=O)C2=C(C1=O)C(c1ccc(CO)o1)C1=CCC3C(=O)N(N(C)c4nc(C(F)(F)F)ccc4Cl)C(=O)C3C1C2. The highest BCUT2D eigenvalue weighted by atomic mass is 35.5. The van der Waals surface area contributed by atoms with Crippen molar-refractivity contribution >= 4 is 40.8 Å². The fourth-order valence-electron chi connectivity index (χ4n) is 6.51. The van der Waals surface area contributed by atoms with Crippen LogP contribution in [-0.4, -0.2) is 45.5 Å². The average molecular weight is 602 g/mol. The molecule has 13 heteroatoms. The number of allylic oxidation sites excluding steroid dienone is 6. The first-order chi connectivity index (χ1) is 19.8. The van der Waals surface area contributed by atoms with Gasteiger partial charge in [-0.2, -0.15) is 18.2 Å². The summed E-state index contributed by atoms with van der Waals surface area (Å²) in [5.74, 6) is -5.25. The van der Waals surface area contributed by atoms with Crippen LogP contribution in [0.5, 0.6) is 0 Å². The van der Waals surface area contributed by atoms with Crippen molar-refractivity contribution in [2.75, 3.05) is 12.1 Å². The minimum absolute atomic E-state index is 0.0138. The molecule has 0 saturated carbocycles. The lowest BCUT2D eigenvalue weighted by molar-refractivity contribution is -0.141. The van der Waals surface area contributed by atoms with Crippen molar-refractivity contribution in [3.63, 3.8) is 0 Å². The fourth-order valence-corrected chi connectivity index (χ4v) is 6.74. The first-order valence-electron chi connectivity index (χ1n) is 13.1. The number of aliphatic hydroxyl groups is 1. The zero-order valence-electron chi connectivity index (χ0n) is 22.2. The maximum absolute atomic E-state index is 14.0. The molecule has 3 aliphatic carbocycles. The van der Waals surface area contributed by atoms with Gasteiger partial charge >= 0.3 is 6.18 Å². The molecule has 2 aromatic heterocycles. The van der Waals surface area contributed by atoms with Gasteiger partial charge < -0.3 is 9.52 Å². The third-order valence-electron chi connectivity index (χ3n) is 8.39. The van der Waals surface area contributed by atoms with Gasteiger partial charge in [0.05, 0.1) is 22.8 Å². The molecule has 1 aliphatic heterocycles. The molecule has 2 aromatic rings. The molecule has 6 rings (SSSR count). The number of alkyl halides is 3. The number of halogens is 4. The number of nitrogens with zero attached hydrogens (tertiary/aromatic N) is 3. The highest BCUT2D eigenvalue weighted by Gasteiger charge is 2.58. The molecule has 0 radical (unpaired) electrons. The maximum atomic E-state index is 14.0. The van der Waals surface area contributed by atoms with Gasteiger partial charge in [0.25, 0.3) is 11.8 Å². The number of aromatic nitrogens is 1. The molecule has 4 aliphatic rings. The second-order valence-corrected chi connectivity index (χ2v) is 11.1. The molecule has 3 heterocycles. The summed E-state index contributed by atoms with van der Waals surface area (Å²) in [4.78, 5) is 57.7. The van der Waals surface area contributed by atoms with Crippen LogP contribution in [0, 0.1) is 17.8 Å². The number of pyridine rings is 1. The molecule has 4 unspecified atom stereocenters. The Balaban J connectivity index is 1.42. The van der Waals surface area contributed by atoms with Crippen LogP contribution in [0.2, 0.25) is 5.02 Å². The Labute approximate surface area is 241 Å². The number of carbonyl (C=O) groups excluding carboxylic acids is 4. The number of Topliss-reactive ketones (excluding diaryl/α,β-unsaturated/α-hetero) is 1. The molecule has 1 N–H and O–H groups in total. The van der Waals surface area contributed by atoms with Crippen molar-refractivity contribution in [2.45, 2.75) is 38.5 Å². The van der Waals surface area contributed by atoms with E-state index in [0.29, 0.717) is 17.4 Å². The van der Waals surface area contributed by atoms with Gasteiger partial charge in [0, 0.05) is 23.8 Å². The molecule has 1 saturated heterocycles. The van der Waals surface area contributed by atoms with Gasteiger partial charge in [-0.25, -0.2) is 4.98 Å². The minimum atomic E-state index is -4.78. The topological polar surface area (TPSA) is 121 Å². The molecule has 1 fully saturated rings. The molecule has 0 spiro atoms. The van der Waals surface area contributed by atoms with Gasteiger partial charge in [-0.05, 0) is 56.0 Å². The van der Waals surface area contributed by atoms with Crippen LogP contribution in [0.4, 0.5) is 19.0 Å². The number of rotatable bonds is 4. The molecule has 0 bridgehead atoms. The van der Waals surface area contributed by atoms with Gasteiger partial charge in [0.1, 0.15) is 23.8 Å². The Bertz CT molecular complexity index is 1670. The van der Waals surface area contributed by atoms with E-state index in [1.807, 2.05) is 0 Å². The third kappa shape index (κ3) is 4.15. The number of furan rings is 1. The first-order valence-corrected chi connectivity index (χ1v) is 13.5. The summed E-state index contributed by atoms with van der Waals surface area (Å²) in [5.41, 5.74) is 0.107. The van der Waals surface area contributed by atoms with Crippen LogP contribution in [0.25, 0.3) is 0 Å². The van der Waals surface area contributed by atoms with E-state index < -0.39 is 59.8 Å². The predicted octanol–water partition coefficient (Wildman–Crippen LogP) is 4.32. The van der Waals surface area contributed by atoms with Crippen LogP contribution < -0.4 is 5.01 Å². The maximum Gasteiger partial charge on any atom is 0.433 e. The summed E-state index contributed by atoms with van der Waals surface area (Å²) in [7, 11) is 1.23. The minimum Gasteiger partial charge on any atom is -0.463 e. The van der Waals surface area contributed by atoms with E-state index in [0.717, 1.165) is 16.1 Å². The number of aliphatic hydroxyl groups excluding tert-OH is 1. The standard InChI is InChI=1S/C29H23ClF3N3O6/c1-12-9-19(38)17-10-16-14(23(24(17)25(12)39)20-7-3-13(11-37)42-20)4-5-15-22(16)28(41)36(27(15)40)35(2)26-18(30)6-8-21(34-26)29(31,32)33/h3-4,6-9,15-16,22-23,37H,5,10-11H2,1-2H3.